The fourth-order valence-corrected chi connectivity index (χ4v) is 1.77. The van der Waals surface area contributed by atoms with Crippen LogP contribution in [0.5, 0.6) is 5.75 Å². The van der Waals surface area contributed by atoms with E-state index in [9.17, 15) is 5.11 Å². The number of phenols is 1. The molecule has 4 heteroatoms. The van der Waals surface area contributed by atoms with Gasteiger partial charge in [-0.05, 0) is 25.1 Å². The molecule has 3 nitrogen and oxygen atoms in total. The van der Waals surface area contributed by atoms with Crippen LogP contribution in [-0.4, -0.2) is 15.3 Å². The van der Waals surface area contributed by atoms with Crippen molar-refractivity contribution in [2.24, 2.45) is 0 Å². The van der Waals surface area contributed by atoms with Crippen LogP contribution in [0, 0.1) is 6.92 Å². The van der Waals surface area contributed by atoms with E-state index in [4.69, 9.17) is 0 Å². The lowest BCUT2D eigenvalue weighted by molar-refractivity contribution is 0.474. The quantitative estimate of drug-likeness (QED) is 0.843. The first kappa shape index (κ1) is 9.86. The van der Waals surface area contributed by atoms with Gasteiger partial charge in [0.25, 0.3) is 0 Å². The molecule has 0 unspecified atom stereocenters. The molecule has 1 aromatic heterocycles. The lowest BCUT2D eigenvalue weighted by Gasteiger charge is -1.95. The minimum atomic E-state index is 0.273. The van der Waals surface area contributed by atoms with Gasteiger partial charge < -0.3 is 5.11 Å². The van der Waals surface area contributed by atoms with Crippen molar-refractivity contribution in [3.05, 3.63) is 39.8 Å². The molecule has 2 aromatic rings. The molecule has 0 aliphatic rings. The highest BCUT2D eigenvalue weighted by Crippen LogP contribution is 2.19. The predicted octanol–water partition coefficient (Wildman–Crippen LogP) is 2.72. The fourth-order valence-electron chi connectivity index (χ4n) is 1.17. The van der Waals surface area contributed by atoms with Crippen LogP contribution in [-0.2, 0) is 0 Å². The van der Waals surface area contributed by atoms with Crippen molar-refractivity contribution in [2.45, 2.75) is 6.92 Å². The molecule has 0 bridgehead atoms. The highest BCUT2D eigenvalue weighted by Gasteiger charge is 1.97. The molecule has 2 rings (SSSR count). The highest BCUT2D eigenvalue weighted by molar-refractivity contribution is 7.12. The third-order valence-electron chi connectivity index (χ3n) is 1.88. The van der Waals surface area contributed by atoms with Crippen LogP contribution in [0.25, 0.3) is 12.2 Å². The zero-order valence-corrected chi connectivity index (χ0v) is 9.03. The van der Waals surface area contributed by atoms with E-state index < -0.39 is 0 Å². The van der Waals surface area contributed by atoms with Gasteiger partial charge >= 0.3 is 0 Å². The number of rotatable bonds is 2. The average Bonchev–Trinajstić information content (AvgIpc) is 2.63. The summed E-state index contributed by atoms with van der Waals surface area (Å²) >= 11 is 1.52. The molecule has 0 amide bonds. The average molecular weight is 218 g/mol. The minimum Gasteiger partial charge on any atom is -0.507 e. The number of nitrogens with zero attached hydrogens (tertiary/aromatic N) is 2. The zero-order valence-electron chi connectivity index (χ0n) is 8.21. The van der Waals surface area contributed by atoms with Gasteiger partial charge in [0.2, 0.25) is 0 Å². The maximum atomic E-state index is 9.51. The Morgan fingerprint density at radius 2 is 2.00 bits per heavy atom. The minimum absolute atomic E-state index is 0.273. The Balaban J connectivity index is 2.22. The van der Waals surface area contributed by atoms with Crippen LogP contribution in [0.4, 0.5) is 0 Å². The lowest BCUT2D eigenvalue weighted by Crippen LogP contribution is -1.74. The molecule has 0 atom stereocenters. The second kappa shape index (κ2) is 4.23. The van der Waals surface area contributed by atoms with E-state index in [1.165, 1.54) is 11.3 Å². The van der Waals surface area contributed by atoms with Crippen LogP contribution >= 0.6 is 11.3 Å². The molecule has 0 aliphatic carbocycles. The molecule has 1 N–H and O–H groups in total. The first-order valence-corrected chi connectivity index (χ1v) is 5.33. The summed E-state index contributed by atoms with van der Waals surface area (Å²) in [6.07, 6.45) is 3.68. The zero-order chi connectivity index (χ0) is 10.7. The van der Waals surface area contributed by atoms with E-state index in [1.807, 2.05) is 31.2 Å². The topological polar surface area (TPSA) is 46.0 Å². The van der Waals surface area contributed by atoms with E-state index in [0.717, 1.165) is 15.6 Å². The van der Waals surface area contributed by atoms with Crippen LogP contribution in [0.15, 0.2) is 24.3 Å². The monoisotopic (exact) mass is 218 g/mol. The first-order chi connectivity index (χ1) is 7.25. The number of hydrogen-bond acceptors (Lipinski definition) is 4. The summed E-state index contributed by atoms with van der Waals surface area (Å²) in [7, 11) is 0. The Hall–Kier alpha value is -1.68. The van der Waals surface area contributed by atoms with E-state index in [-0.39, 0.29) is 5.75 Å². The Kier molecular flexibility index (Phi) is 2.78. The van der Waals surface area contributed by atoms with Crippen molar-refractivity contribution in [2.75, 3.05) is 0 Å². The number of aromatic hydroxyl groups is 1. The molecule has 0 saturated carbocycles. The third-order valence-corrected chi connectivity index (χ3v) is 2.69. The van der Waals surface area contributed by atoms with Gasteiger partial charge in [-0.2, -0.15) is 0 Å². The Labute approximate surface area is 91.7 Å². The maximum absolute atomic E-state index is 9.51. The smallest absolute Gasteiger partial charge is 0.140 e. The van der Waals surface area contributed by atoms with E-state index in [2.05, 4.69) is 10.2 Å². The third kappa shape index (κ3) is 2.41. The molecule has 76 valence electrons. The number of aryl methyl sites for hydroxylation is 1. The maximum Gasteiger partial charge on any atom is 0.140 e. The predicted molar refractivity (Wildman–Crippen MR) is 61.7 cm³/mol. The van der Waals surface area contributed by atoms with Crippen LogP contribution in [0.3, 0.4) is 0 Å². The largest absolute Gasteiger partial charge is 0.507 e. The van der Waals surface area contributed by atoms with Gasteiger partial charge in [-0.3, -0.25) is 0 Å². The Morgan fingerprint density at radius 1 is 1.20 bits per heavy atom. The molecule has 0 radical (unpaired) electrons. The summed E-state index contributed by atoms with van der Waals surface area (Å²) in [6, 6.07) is 7.18. The number of para-hydroxylation sites is 1. The molecule has 0 spiro atoms. The fraction of sp³-hybridized carbons (Fsp3) is 0.0909. The Morgan fingerprint density at radius 3 is 2.67 bits per heavy atom. The molecular formula is C11H10N2OS. The molecular weight excluding hydrogens is 208 g/mol. The van der Waals surface area contributed by atoms with Gasteiger partial charge in [-0.15, -0.1) is 10.2 Å². The van der Waals surface area contributed by atoms with Gasteiger partial charge in [0.15, 0.2) is 0 Å². The van der Waals surface area contributed by atoms with Gasteiger partial charge in [0.05, 0.1) is 0 Å². The van der Waals surface area contributed by atoms with E-state index in [0.29, 0.717) is 0 Å². The molecule has 0 saturated heterocycles. The van der Waals surface area contributed by atoms with Crippen molar-refractivity contribution in [1.82, 2.24) is 10.2 Å². The second-order valence-electron chi connectivity index (χ2n) is 3.05. The molecule has 0 fully saturated rings. The van der Waals surface area contributed by atoms with Crippen LogP contribution in [0.2, 0.25) is 0 Å². The van der Waals surface area contributed by atoms with Crippen molar-refractivity contribution >= 4 is 23.5 Å². The van der Waals surface area contributed by atoms with E-state index >= 15 is 0 Å². The summed E-state index contributed by atoms with van der Waals surface area (Å²) in [5.74, 6) is 0.273. The lowest BCUT2D eigenvalue weighted by atomic mass is 10.2. The van der Waals surface area contributed by atoms with Gasteiger partial charge in [-0.1, -0.05) is 29.5 Å². The molecule has 0 aliphatic heterocycles. The summed E-state index contributed by atoms with van der Waals surface area (Å²) in [5.41, 5.74) is 0.783. The standard InChI is InChI=1S/C11H10N2OS/c1-8-12-13-11(15-8)7-6-9-4-2-3-5-10(9)14/h2-7,14H,1H3/b7-6+. The summed E-state index contributed by atoms with van der Waals surface area (Å²) < 4.78 is 0. The number of aromatic nitrogens is 2. The van der Waals surface area contributed by atoms with Crippen molar-refractivity contribution in [3.63, 3.8) is 0 Å². The van der Waals surface area contributed by atoms with E-state index in [1.54, 1.807) is 12.1 Å². The normalized spacial score (nSPS) is 11.0. The number of phenolic OH excluding ortho intramolecular Hbond substituents is 1. The van der Waals surface area contributed by atoms with Gasteiger partial charge in [0.1, 0.15) is 15.8 Å². The summed E-state index contributed by atoms with van der Waals surface area (Å²) in [5, 5.41) is 19.2. The Bertz CT molecular complexity index is 491. The molecule has 1 aromatic carbocycles. The van der Waals surface area contributed by atoms with Crippen LogP contribution < -0.4 is 0 Å². The first-order valence-electron chi connectivity index (χ1n) is 4.52. The van der Waals surface area contributed by atoms with Crippen molar-refractivity contribution in [3.8, 4) is 5.75 Å². The number of hydrogen-bond donors (Lipinski definition) is 1. The van der Waals surface area contributed by atoms with Crippen molar-refractivity contribution < 1.29 is 5.11 Å². The summed E-state index contributed by atoms with van der Waals surface area (Å²) in [4.78, 5) is 0. The SMILES string of the molecule is Cc1nnc(/C=C/c2ccccc2O)s1. The number of benzene rings is 1. The van der Waals surface area contributed by atoms with Crippen molar-refractivity contribution in [1.29, 1.82) is 0 Å². The van der Waals surface area contributed by atoms with Gasteiger partial charge in [-0.25, -0.2) is 0 Å². The summed E-state index contributed by atoms with van der Waals surface area (Å²) in [6.45, 7) is 1.91. The van der Waals surface area contributed by atoms with Gasteiger partial charge in [0, 0.05) is 5.56 Å². The van der Waals surface area contributed by atoms with Crippen LogP contribution in [0.1, 0.15) is 15.6 Å². The molecule has 15 heavy (non-hydrogen) atoms. The second-order valence-corrected chi connectivity index (χ2v) is 4.26. The molecule has 1 heterocycles. The highest BCUT2D eigenvalue weighted by atomic mass is 32.1.